The number of thioether (sulfide) groups is 1. The maximum absolute atomic E-state index is 12.7. The Morgan fingerprint density at radius 3 is 2.03 bits per heavy atom. The van der Waals surface area contributed by atoms with Crippen molar-refractivity contribution < 1.29 is 27.8 Å². The number of carboxylic acid groups (broad SMARTS) is 1. The summed E-state index contributed by atoms with van der Waals surface area (Å²) in [6.07, 6.45) is 1.69. The van der Waals surface area contributed by atoms with E-state index >= 15 is 0 Å². The molecular formula is C31H33F3O3S. The zero-order valence-electron chi connectivity index (χ0n) is 22.3. The van der Waals surface area contributed by atoms with E-state index in [1.54, 1.807) is 36.4 Å². The Morgan fingerprint density at radius 1 is 0.947 bits per heavy atom. The number of rotatable bonds is 7. The summed E-state index contributed by atoms with van der Waals surface area (Å²) in [6.45, 7) is 11.3. The van der Waals surface area contributed by atoms with E-state index in [1.165, 1.54) is 23.3 Å². The summed E-state index contributed by atoms with van der Waals surface area (Å²) in [6, 6.07) is 17.4. The van der Waals surface area contributed by atoms with Crippen molar-refractivity contribution in [1.29, 1.82) is 0 Å². The van der Waals surface area contributed by atoms with Crippen molar-refractivity contribution in [3.63, 3.8) is 0 Å². The SMILES string of the molecule is Cc1cc2c(cc1C(OCc1ccc(SC(F)(F)F)cc1)c1ccc(C(=O)O)cc1)C(C)(C)CCC2(C)C. The largest absolute Gasteiger partial charge is 0.478 e. The highest BCUT2D eigenvalue weighted by Gasteiger charge is 2.38. The molecule has 4 rings (SSSR count). The fraction of sp³-hybridized carbons (Fsp3) is 0.387. The van der Waals surface area contributed by atoms with E-state index in [1.807, 2.05) is 0 Å². The predicted molar refractivity (Wildman–Crippen MR) is 145 cm³/mol. The molecule has 7 heteroatoms. The van der Waals surface area contributed by atoms with Crippen molar-refractivity contribution >= 4 is 17.7 Å². The Balaban J connectivity index is 1.71. The molecular weight excluding hydrogens is 509 g/mol. The van der Waals surface area contributed by atoms with Gasteiger partial charge in [-0.3, -0.25) is 0 Å². The molecule has 3 aromatic carbocycles. The molecule has 0 aromatic heterocycles. The van der Waals surface area contributed by atoms with Crippen LogP contribution in [0.4, 0.5) is 13.2 Å². The molecule has 1 atom stereocenters. The van der Waals surface area contributed by atoms with Crippen molar-refractivity contribution in [3.8, 4) is 0 Å². The maximum atomic E-state index is 12.7. The van der Waals surface area contributed by atoms with Gasteiger partial charge in [-0.15, -0.1) is 0 Å². The molecule has 1 aliphatic rings. The number of hydrogen-bond donors (Lipinski definition) is 1. The molecule has 0 amide bonds. The van der Waals surface area contributed by atoms with E-state index in [2.05, 4.69) is 46.8 Å². The van der Waals surface area contributed by atoms with Crippen molar-refractivity contribution in [1.82, 2.24) is 0 Å². The van der Waals surface area contributed by atoms with E-state index in [0.717, 1.165) is 35.1 Å². The summed E-state index contributed by atoms with van der Waals surface area (Å²) in [5, 5.41) is 9.36. The number of aromatic carboxylic acids is 1. The van der Waals surface area contributed by atoms with Gasteiger partial charge in [-0.25, -0.2) is 4.79 Å². The van der Waals surface area contributed by atoms with Gasteiger partial charge in [0.1, 0.15) is 6.10 Å². The summed E-state index contributed by atoms with van der Waals surface area (Å²) in [5.41, 5.74) is 2.19. The topological polar surface area (TPSA) is 46.5 Å². The van der Waals surface area contributed by atoms with E-state index in [4.69, 9.17) is 4.74 Å². The third-order valence-electron chi connectivity index (χ3n) is 7.56. The highest BCUT2D eigenvalue weighted by Crippen LogP contribution is 2.48. The van der Waals surface area contributed by atoms with Crippen LogP contribution in [0.3, 0.4) is 0 Å². The molecule has 0 fully saturated rings. The molecule has 1 aliphatic carbocycles. The average molecular weight is 543 g/mol. The van der Waals surface area contributed by atoms with E-state index < -0.39 is 17.6 Å². The molecule has 0 heterocycles. The zero-order valence-corrected chi connectivity index (χ0v) is 23.1. The number of benzene rings is 3. The molecule has 202 valence electrons. The number of hydrogen-bond acceptors (Lipinski definition) is 3. The van der Waals surface area contributed by atoms with Gasteiger partial charge in [0, 0.05) is 4.90 Å². The molecule has 0 aliphatic heterocycles. The lowest BCUT2D eigenvalue weighted by Gasteiger charge is -2.42. The number of aryl methyl sites for hydroxylation is 1. The summed E-state index contributed by atoms with van der Waals surface area (Å²) >= 11 is -0.143. The van der Waals surface area contributed by atoms with Gasteiger partial charge in [0.15, 0.2) is 0 Å². The number of halogens is 3. The van der Waals surface area contributed by atoms with E-state index in [0.29, 0.717) is 0 Å². The van der Waals surface area contributed by atoms with Gasteiger partial charge in [-0.2, -0.15) is 13.2 Å². The lowest BCUT2D eigenvalue weighted by molar-refractivity contribution is -0.0328. The Kier molecular flexibility index (Phi) is 7.74. The van der Waals surface area contributed by atoms with Gasteiger partial charge < -0.3 is 9.84 Å². The van der Waals surface area contributed by atoms with E-state index in [-0.39, 0.29) is 39.7 Å². The highest BCUT2D eigenvalue weighted by atomic mass is 32.2. The first-order chi connectivity index (χ1) is 17.7. The van der Waals surface area contributed by atoms with Crippen LogP contribution < -0.4 is 0 Å². The van der Waals surface area contributed by atoms with E-state index in [9.17, 15) is 23.1 Å². The first kappa shape index (κ1) is 28.2. The van der Waals surface area contributed by atoms with Gasteiger partial charge in [0.2, 0.25) is 0 Å². The second-order valence-electron chi connectivity index (χ2n) is 11.3. The predicted octanol–water partition coefficient (Wildman–Crippen LogP) is 8.96. The van der Waals surface area contributed by atoms with Crippen LogP contribution in [0.1, 0.15) is 90.4 Å². The second-order valence-corrected chi connectivity index (χ2v) is 12.5. The minimum Gasteiger partial charge on any atom is -0.478 e. The third-order valence-corrected chi connectivity index (χ3v) is 8.30. The maximum Gasteiger partial charge on any atom is 0.446 e. The molecule has 0 saturated heterocycles. The molecule has 0 spiro atoms. The molecule has 0 saturated carbocycles. The van der Waals surface area contributed by atoms with Crippen LogP contribution in [-0.4, -0.2) is 16.6 Å². The van der Waals surface area contributed by atoms with Gasteiger partial charge in [0.05, 0.1) is 12.2 Å². The number of carbonyl (C=O) groups is 1. The first-order valence-corrected chi connectivity index (χ1v) is 13.4. The Hall–Kier alpha value is -2.77. The van der Waals surface area contributed by atoms with Gasteiger partial charge in [-0.05, 0) is 100 Å². The Morgan fingerprint density at radius 2 is 1.50 bits per heavy atom. The smallest absolute Gasteiger partial charge is 0.446 e. The minimum atomic E-state index is -4.34. The van der Waals surface area contributed by atoms with Gasteiger partial charge >= 0.3 is 11.5 Å². The molecule has 0 bridgehead atoms. The Bertz CT molecular complexity index is 1310. The van der Waals surface area contributed by atoms with Crippen molar-refractivity contribution in [2.24, 2.45) is 0 Å². The lowest BCUT2D eigenvalue weighted by Crippen LogP contribution is -2.34. The number of alkyl halides is 3. The van der Waals surface area contributed by atoms with Crippen LogP contribution in [0.25, 0.3) is 0 Å². The zero-order chi connectivity index (χ0) is 27.9. The Labute approximate surface area is 226 Å². The lowest BCUT2D eigenvalue weighted by atomic mass is 9.62. The third kappa shape index (κ3) is 6.26. The van der Waals surface area contributed by atoms with Crippen LogP contribution >= 0.6 is 11.8 Å². The molecule has 3 aromatic rings. The fourth-order valence-electron chi connectivity index (χ4n) is 5.15. The highest BCUT2D eigenvalue weighted by molar-refractivity contribution is 8.00. The van der Waals surface area contributed by atoms with Crippen LogP contribution in [-0.2, 0) is 22.2 Å². The minimum absolute atomic E-state index is 0.00298. The molecule has 1 N–H and O–H groups in total. The fourth-order valence-corrected chi connectivity index (χ4v) is 5.69. The summed E-state index contributed by atoms with van der Waals surface area (Å²) in [7, 11) is 0. The molecule has 3 nitrogen and oxygen atoms in total. The van der Waals surface area contributed by atoms with Crippen molar-refractivity contribution in [3.05, 3.63) is 99.6 Å². The number of fused-ring (bicyclic) bond motifs is 1. The van der Waals surface area contributed by atoms with Crippen molar-refractivity contribution in [2.45, 2.75) is 81.4 Å². The van der Waals surface area contributed by atoms with Crippen LogP contribution in [0, 0.1) is 6.92 Å². The van der Waals surface area contributed by atoms with Crippen molar-refractivity contribution in [2.75, 3.05) is 0 Å². The summed E-state index contributed by atoms with van der Waals surface area (Å²) in [5.74, 6) is -1.00. The average Bonchev–Trinajstić information content (AvgIpc) is 2.83. The summed E-state index contributed by atoms with van der Waals surface area (Å²) < 4.78 is 44.6. The summed E-state index contributed by atoms with van der Waals surface area (Å²) in [4.78, 5) is 11.5. The van der Waals surface area contributed by atoms with Gasteiger partial charge in [0.25, 0.3) is 0 Å². The van der Waals surface area contributed by atoms with Crippen LogP contribution in [0.15, 0.2) is 65.6 Å². The second kappa shape index (κ2) is 10.4. The molecule has 0 radical (unpaired) electrons. The van der Waals surface area contributed by atoms with Gasteiger partial charge in [-0.1, -0.05) is 64.1 Å². The van der Waals surface area contributed by atoms with Crippen LogP contribution in [0.2, 0.25) is 0 Å². The monoisotopic (exact) mass is 542 g/mol. The number of carboxylic acids is 1. The normalized spacial score (nSPS) is 17.1. The quantitative estimate of drug-likeness (QED) is 0.303. The molecule has 1 unspecified atom stereocenters. The first-order valence-electron chi connectivity index (χ1n) is 12.6. The number of ether oxygens (including phenoxy) is 1. The standard InChI is InChI=1S/C31H33F3O3S/c1-19-16-25-26(30(4,5)15-14-29(25,2)3)17-24(19)27(21-8-10-22(11-9-21)28(35)36)37-18-20-6-12-23(13-7-20)38-31(32,33)34/h6-13,16-17,27H,14-15,18H2,1-5H3,(H,35,36). The van der Waals surface area contributed by atoms with Crippen LogP contribution in [0.5, 0.6) is 0 Å². The molecule has 38 heavy (non-hydrogen) atoms.